The number of carbonyl (C=O) groups is 3. The molecule has 0 aliphatic rings. The van der Waals surface area contributed by atoms with Crippen LogP contribution in [0.25, 0.3) is 0 Å². The predicted molar refractivity (Wildman–Crippen MR) is 203 cm³/mol. The van der Waals surface area contributed by atoms with Gasteiger partial charge in [0.25, 0.3) is 6.29 Å². The van der Waals surface area contributed by atoms with E-state index in [2.05, 4.69) is 26.0 Å². The second kappa shape index (κ2) is 34.1. The number of likely N-dealkylation sites (N-methyl/N-ethyl adjacent to an activating group) is 1. The van der Waals surface area contributed by atoms with Crippen molar-refractivity contribution in [1.82, 2.24) is 0 Å². The van der Waals surface area contributed by atoms with Crippen LogP contribution in [0.2, 0.25) is 0 Å². The summed E-state index contributed by atoms with van der Waals surface area (Å²) in [6.45, 7) is 4.84. The monoisotopic (exact) mass is 713 g/mol. The Morgan fingerprint density at radius 2 is 1.02 bits per heavy atom. The van der Waals surface area contributed by atoms with Crippen molar-refractivity contribution in [3.05, 3.63) is 12.2 Å². The molecule has 0 saturated heterocycles. The number of quaternary nitrogens is 1. The molecule has 294 valence electrons. The second-order valence-electron chi connectivity index (χ2n) is 14.9. The number of unbranched alkanes of at least 4 members (excludes halogenated alkanes) is 20. The number of hydrogen-bond acceptors (Lipinski definition) is 7. The third-order valence-electron chi connectivity index (χ3n) is 8.77. The Morgan fingerprint density at radius 1 is 0.580 bits per heavy atom. The first-order valence-corrected chi connectivity index (χ1v) is 20.4. The van der Waals surface area contributed by atoms with E-state index in [1.54, 1.807) is 0 Å². The summed E-state index contributed by atoms with van der Waals surface area (Å²) < 4.78 is 22.6. The largest absolute Gasteiger partial charge is 0.477 e. The van der Waals surface area contributed by atoms with Crippen LogP contribution in [0.5, 0.6) is 0 Å². The third-order valence-corrected chi connectivity index (χ3v) is 8.77. The zero-order valence-corrected chi connectivity index (χ0v) is 33.1. The van der Waals surface area contributed by atoms with Gasteiger partial charge in [-0.05, 0) is 38.5 Å². The van der Waals surface area contributed by atoms with E-state index < -0.39 is 24.3 Å². The van der Waals surface area contributed by atoms with Crippen LogP contribution in [0.4, 0.5) is 0 Å². The van der Waals surface area contributed by atoms with Crippen molar-refractivity contribution < 1.29 is 42.9 Å². The molecule has 9 nitrogen and oxygen atoms in total. The van der Waals surface area contributed by atoms with Crippen molar-refractivity contribution in [2.75, 3.05) is 47.5 Å². The summed E-state index contributed by atoms with van der Waals surface area (Å²) in [5.74, 6) is -2.01. The summed E-state index contributed by atoms with van der Waals surface area (Å²) >= 11 is 0. The minimum absolute atomic E-state index is 0.180. The van der Waals surface area contributed by atoms with Gasteiger partial charge in [0, 0.05) is 12.8 Å². The molecule has 0 aliphatic carbocycles. The van der Waals surface area contributed by atoms with Crippen molar-refractivity contribution in [1.29, 1.82) is 0 Å². The SMILES string of the molecule is CCCCCC/C=C\CCCCCCCC(=O)OC(COC(=O)CCCCCCCCCCCCCC)COC(OCC[N+](C)(C)C)C(=O)O. The van der Waals surface area contributed by atoms with Crippen LogP contribution in [0.1, 0.15) is 174 Å². The topological polar surface area (TPSA) is 108 Å². The molecule has 0 aromatic heterocycles. The lowest BCUT2D eigenvalue weighted by Gasteiger charge is -2.25. The number of rotatable bonds is 37. The standard InChI is InChI=1S/C41H77NO8/c1-6-8-10-12-14-16-18-20-22-24-26-28-30-32-39(44)50-37(36-49-41(40(45)46)47-34-33-42(3,4)5)35-48-38(43)31-29-27-25-23-21-19-17-15-13-11-9-7-2/h16,18,37,41H,6-15,17,19-36H2,1-5H3/p+1/b18-16-. The van der Waals surface area contributed by atoms with Crippen LogP contribution in [0.3, 0.4) is 0 Å². The molecule has 0 aromatic carbocycles. The van der Waals surface area contributed by atoms with E-state index in [-0.39, 0.29) is 32.2 Å². The first-order valence-electron chi connectivity index (χ1n) is 20.4. The summed E-state index contributed by atoms with van der Waals surface area (Å²) in [7, 11) is 5.95. The zero-order valence-electron chi connectivity index (χ0n) is 33.1. The number of carboxylic acid groups (broad SMARTS) is 1. The van der Waals surface area contributed by atoms with Crippen LogP contribution in [-0.4, -0.2) is 87.4 Å². The normalized spacial score (nSPS) is 13.1. The van der Waals surface area contributed by atoms with Crippen LogP contribution in [0.15, 0.2) is 12.2 Å². The highest BCUT2D eigenvalue weighted by Gasteiger charge is 2.25. The Balaban J connectivity index is 4.51. The van der Waals surface area contributed by atoms with Gasteiger partial charge in [-0.3, -0.25) is 9.59 Å². The molecule has 0 amide bonds. The van der Waals surface area contributed by atoms with Gasteiger partial charge in [0.2, 0.25) is 0 Å². The van der Waals surface area contributed by atoms with Crippen LogP contribution in [0, 0.1) is 0 Å². The highest BCUT2D eigenvalue weighted by Crippen LogP contribution is 2.14. The minimum atomic E-state index is -1.50. The van der Waals surface area contributed by atoms with Gasteiger partial charge in [-0.2, -0.15) is 0 Å². The van der Waals surface area contributed by atoms with Gasteiger partial charge in [0.05, 0.1) is 34.4 Å². The number of esters is 2. The Morgan fingerprint density at radius 3 is 1.50 bits per heavy atom. The fourth-order valence-corrected chi connectivity index (χ4v) is 5.53. The molecule has 50 heavy (non-hydrogen) atoms. The first kappa shape index (κ1) is 48.0. The van der Waals surface area contributed by atoms with Gasteiger partial charge >= 0.3 is 17.9 Å². The molecule has 0 aliphatic heterocycles. The highest BCUT2D eigenvalue weighted by molar-refractivity contribution is 5.71. The van der Waals surface area contributed by atoms with E-state index >= 15 is 0 Å². The average Bonchev–Trinajstić information content (AvgIpc) is 3.06. The molecule has 0 bridgehead atoms. The smallest absolute Gasteiger partial charge is 0.361 e. The molecule has 0 radical (unpaired) electrons. The first-order chi connectivity index (χ1) is 24.1. The van der Waals surface area contributed by atoms with Crippen LogP contribution < -0.4 is 0 Å². The molecule has 0 aromatic rings. The van der Waals surface area contributed by atoms with Crippen molar-refractivity contribution in [2.45, 2.75) is 187 Å². The summed E-state index contributed by atoms with van der Waals surface area (Å²) in [6, 6.07) is 0. The molecule has 0 spiro atoms. The lowest BCUT2D eigenvalue weighted by atomic mass is 10.0. The van der Waals surface area contributed by atoms with E-state index in [1.807, 2.05) is 21.1 Å². The number of carboxylic acids is 1. The predicted octanol–water partition coefficient (Wildman–Crippen LogP) is 9.94. The number of ether oxygens (including phenoxy) is 4. The molecule has 1 N–H and O–H groups in total. The van der Waals surface area contributed by atoms with Gasteiger partial charge < -0.3 is 28.5 Å². The maximum absolute atomic E-state index is 12.7. The Labute approximate surface area is 306 Å². The van der Waals surface area contributed by atoms with Crippen molar-refractivity contribution >= 4 is 17.9 Å². The van der Waals surface area contributed by atoms with Gasteiger partial charge in [0.1, 0.15) is 13.2 Å². The van der Waals surface area contributed by atoms with Crippen LogP contribution in [-0.2, 0) is 33.3 Å². The number of carbonyl (C=O) groups excluding carboxylic acids is 2. The fraction of sp³-hybridized carbons (Fsp3) is 0.878. The van der Waals surface area contributed by atoms with Crippen molar-refractivity contribution in [3.63, 3.8) is 0 Å². The van der Waals surface area contributed by atoms with E-state index in [1.165, 1.54) is 89.9 Å². The van der Waals surface area contributed by atoms with Crippen LogP contribution >= 0.6 is 0 Å². The Bertz CT molecular complexity index is 841. The lowest BCUT2D eigenvalue weighted by Crippen LogP contribution is -2.40. The summed E-state index contributed by atoms with van der Waals surface area (Å²) in [4.78, 5) is 36.9. The molecule has 0 rings (SSSR count). The van der Waals surface area contributed by atoms with Gasteiger partial charge in [-0.25, -0.2) is 4.79 Å². The van der Waals surface area contributed by atoms with E-state index in [4.69, 9.17) is 18.9 Å². The molecular formula is C41H78NO8+. The Kier molecular flexibility index (Phi) is 32.8. The number of nitrogens with zero attached hydrogens (tertiary/aromatic N) is 1. The highest BCUT2D eigenvalue weighted by atomic mass is 16.7. The lowest BCUT2D eigenvalue weighted by molar-refractivity contribution is -0.870. The minimum Gasteiger partial charge on any atom is -0.477 e. The molecule has 0 heterocycles. The number of aliphatic carboxylic acids is 1. The molecule has 2 atom stereocenters. The van der Waals surface area contributed by atoms with E-state index in [0.717, 1.165) is 51.4 Å². The molecule has 0 saturated carbocycles. The van der Waals surface area contributed by atoms with Crippen molar-refractivity contribution in [3.8, 4) is 0 Å². The maximum Gasteiger partial charge on any atom is 0.361 e. The molecule has 2 unspecified atom stereocenters. The maximum atomic E-state index is 12.7. The van der Waals surface area contributed by atoms with E-state index in [0.29, 0.717) is 23.9 Å². The quantitative estimate of drug-likeness (QED) is 0.0223. The second-order valence-corrected chi connectivity index (χ2v) is 14.9. The van der Waals surface area contributed by atoms with Gasteiger partial charge in [-0.1, -0.05) is 135 Å². The Hall–Kier alpha value is -1.97. The van der Waals surface area contributed by atoms with Gasteiger partial charge in [-0.15, -0.1) is 0 Å². The summed E-state index contributed by atoms with van der Waals surface area (Å²) in [6.07, 6.45) is 29.8. The number of hydrogen-bond donors (Lipinski definition) is 1. The average molecular weight is 713 g/mol. The van der Waals surface area contributed by atoms with Gasteiger partial charge in [0.15, 0.2) is 6.10 Å². The zero-order chi connectivity index (χ0) is 37.1. The summed E-state index contributed by atoms with van der Waals surface area (Å²) in [5, 5.41) is 9.59. The molecule has 0 fully saturated rings. The third kappa shape index (κ3) is 34.5. The van der Waals surface area contributed by atoms with Crippen molar-refractivity contribution in [2.24, 2.45) is 0 Å². The summed E-state index contributed by atoms with van der Waals surface area (Å²) in [5.41, 5.74) is 0. The van der Waals surface area contributed by atoms with E-state index in [9.17, 15) is 19.5 Å². The number of allylic oxidation sites excluding steroid dienone is 2. The molecular weight excluding hydrogens is 634 g/mol. The molecule has 9 heteroatoms. The fourth-order valence-electron chi connectivity index (χ4n) is 5.53.